The molecule has 2 bridgehead atoms. The summed E-state index contributed by atoms with van der Waals surface area (Å²) < 4.78 is 45.3. The number of carbonyl (C=O) groups is 2. The highest BCUT2D eigenvalue weighted by Gasteiger charge is 2.62. The van der Waals surface area contributed by atoms with E-state index < -0.39 is 45.1 Å². The number of hydrogen-bond donors (Lipinski definition) is 1. The van der Waals surface area contributed by atoms with Crippen molar-refractivity contribution in [3.8, 4) is 0 Å². The highest BCUT2D eigenvalue weighted by molar-refractivity contribution is 7.86. The number of rotatable bonds is 15. The third-order valence-electron chi connectivity index (χ3n) is 7.61. The van der Waals surface area contributed by atoms with Crippen LogP contribution < -0.4 is 0 Å². The van der Waals surface area contributed by atoms with Crippen LogP contribution in [0.2, 0.25) is 0 Å². The molecule has 0 aliphatic heterocycles. The average molecular weight is 489 g/mol. The summed E-state index contributed by atoms with van der Waals surface area (Å²) in [6.07, 6.45) is 9.28. The van der Waals surface area contributed by atoms with Crippen LogP contribution in [0.15, 0.2) is 0 Å². The van der Waals surface area contributed by atoms with E-state index >= 15 is 0 Å². The Morgan fingerprint density at radius 1 is 0.818 bits per heavy atom. The molecule has 0 saturated heterocycles. The first kappa shape index (κ1) is 28.1. The van der Waals surface area contributed by atoms with E-state index in [1.54, 1.807) is 0 Å². The van der Waals surface area contributed by atoms with Gasteiger partial charge in [0.25, 0.3) is 10.1 Å². The van der Waals surface area contributed by atoms with Gasteiger partial charge in [0.1, 0.15) is 12.2 Å². The van der Waals surface area contributed by atoms with Gasteiger partial charge in [-0.15, -0.1) is 0 Å². The molecule has 2 aliphatic carbocycles. The molecule has 2 unspecified atom stereocenters. The molecule has 2 fully saturated rings. The summed E-state index contributed by atoms with van der Waals surface area (Å²) in [6.45, 7) is 8.17. The van der Waals surface area contributed by atoms with Crippen molar-refractivity contribution >= 4 is 22.1 Å². The topological polar surface area (TPSA) is 107 Å². The molecular formula is C25H44O7S. The van der Waals surface area contributed by atoms with Crippen LogP contribution in [-0.2, 0) is 29.2 Å². The van der Waals surface area contributed by atoms with Gasteiger partial charge in [-0.1, -0.05) is 53.4 Å². The smallest absolute Gasteiger partial charge is 0.310 e. The second-order valence-electron chi connectivity index (χ2n) is 9.93. The lowest BCUT2D eigenvalue weighted by atomic mass is 9.79. The van der Waals surface area contributed by atoms with E-state index in [1.165, 1.54) is 0 Å². The lowest BCUT2D eigenvalue weighted by Crippen LogP contribution is -2.45. The molecule has 1 N–H and O–H groups in total. The zero-order valence-electron chi connectivity index (χ0n) is 20.8. The Bertz CT molecular complexity index is 735. The molecule has 7 nitrogen and oxygen atoms in total. The fourth-order valence-electron chi connectivity index (χ4n) is 5.73. The van der Waals surface area contributed by atoms with Crippen molar-refractivity contribution in [3.05, 3.63) is 0 Å². The lowest BCUT2D eigenvalue weighted by molar-refractivity contribution is -0.170. The number of ether oxygens (including phenoxy) is 2. The summed E-state index contributed by atoms with van der Waals surface area (Å²) >= 11 is 0. The fraction of sp³-hybridized carbons (Fsp3) is 0.920. The van der Waals surface area contributed by atoms with Crippen LogP contribution in [0.3, 0.4) is 0 Å². The van der Waals surface area contributed by atoms with Gasteiger partial charge in [0.2, 0.25) is 0 Å². The molecule has 192 valence electrons. The van der Waals surface area contributed by atoms with Crippen LogP contribution in [0.5, 0.6) is 0 Å². The van der Waals surface area contributed by atoms with E-state index in [0.29, 0.717) is 19.3 Å². The van der Waals surface area contributed by atoms with E-state index in [0.717, 1.165) is 51.4 Å². The van der Waals surface area contributed by atoms with E-state index in [2.05, 4.69) is 13.8 Å². The van der Waals surface area contributed by atoms with Gasteiger partial charge in [-0.3, -0.25) is 14.1 Å². The molecule has 0 aromatic carbocycles. The first-order chi connectivity index (χ1) is 15.7. The normalized spacial score (nSPS) is 28.5. The summed E-state index contributed by atoms with van der Waals surface area (Å²) in [6, 6.07) is 0. The Morgan fingerprint density at radius 2 is 1.30 bits per heavy atom. The van der Waals surface area contributed by atoms with Crippen LogP contribution in [0, 0.1) is 23.7 Å². The second kappa shape index (κ2) is 13.1. The molecule has 0 radical (unpaired) electrons. The van der Waals surface area contributed by atoms with Crippen LogP contribution >= 0.6 is 0 Å². The minimum Gasteiger partial charge on any atom is -0.462 e. The van der Waals surface area contributed by atoms with Crippen molar-refractivity contribution in [3.63, 3.8) is 0 Å². The van der Waals surface area contributed by atoms with Crippen molar-refractivity contribution in [2.75, 3.05) is 0 Å². The molecule has 2 aliphatic rings. The fourth-order valence-corrected chi connectivity index (χ4v) is 6.94. The Kier molecular flexibility index (Phi) is 11.1. The highest BCUT2D eigenvalue weighted by Crippen LogP contribution is 2.55. The summed E-state index contributed by atoms with van der Waals surface area (Å²) in [5.74, 6) is -3.41. The minimum atomic E-state index is -4.30. The molecule has 0 amide bonds. The molecular weight excluding hydrogens is 444 g/mol. The molecule has 0 heterocycles. The third kappa shape index (κ3) is 7.41. The number of carbonyl (C=O) groups excluding carboxylic acids is 2. The maximum atomic E-state index is 13.3. The lowest BCUT2D eigenvalue weighted by Gasteiger charge is -2.33. The standard InChI is InChI=1S/C25H44O7S/c1-5-9-11-13-18(7-3)31-24(26)22-17-15-20(21(16-17)33(28,29)30)23(22)25(27)32-19(8-4)14-12-10-6-2/h17-23H,5-16H2,1-4H3,(H,28,29,30)/t17-,18+,19+,20+,21+,22?,23?/m0/s1. The van der Waals surface area contributed by atoms with E-state index in [-0.39, 0.29) is 24.5 Å². The van der Waals surface area contributed by atoms with Crippen LogP contribution in [-0.4, -0.2) is 42.4 Å². The predicted molar refractivity (Wildman–Crippen MR) is 127 cm³/mol. The minimum absolute atomic E-state index is 0.188. The summed E-state index contributed by atoms with van der Waals surface area (Å²) in [4.78, 5) is 26.5. The Morgan fingerprint density at radius 3 is 1.73 bits per heavy atom. The van der Waals surface area contributed by atoms with Gasteiger partial charge < -0.3 is 9.47 Å². The number of hydrogen-bond acceptors (Lipinski definition) is 6. The number of esters is 2. The molecule has 2 rings (SSSR count). The van der Waals surface area contributed by atoms with Crippen LogP contribution in [0.1, 0.15) is 105 Å². The van der Waals surface area contributed by atoms with Crippen LogP contribution in [0.4, 0.5) is 0 Å². The van der Waals surface area contributed by atoms with Gasteiger partial charge in [-0.25, -0.2) is 0 Å². The molecule has 0 aromatic heterocycles. The summed E-state index contributed by atoms with van der Waals surface area (Å²) in [5.41, 5.74) is 0. The van der Waals surface area contributed by atoms with E-state index in [4.69, 9.17) is 9.47 Å². The molecule has 2 saturated carbocycles. The maximum absolute atomic E-state index is 13.3. The van der Waals surface area contributed by atoms with Gasteiger partial charge in [-0.2, -0.15) is 8.42 Å². The molecule has 7 atom stereocenters. The van der Waals surface area contributed by atoms with Crippen molar-refractivity contribution < 1.29 is 32.0 Å². The van der Waals surface area contributed by atoms with E-state index in [1.807, 2.05) is 13.8 Å². The van der Waals surface area contributed by atoms with Gasteiger partial charge >= 0.3 is 11.9 Å². The third-order valence-corrected chi connectivity index (χ3v) is 8.91. The SMILES string of the molecule is CCCCC[C@@H](CC)OC(=O)C1C(C(=O)O[C@H](CC)CCCCC)[C@@H]2C[C@H]1C[C@H]2S(=O)(=O)O. The second-order valence-corrected chi connectivity index (χ2v) is 11.6. The highest BCUT2D eigenvalue weighted by atomic mass is 32.2. The molecule has 0 spiro atoms. The first-order valence-corrected chi connectivity index (χ1v) is 14.5. The van der Waals surface area contributed by atoms with Crippen molar-refractivity contribution in [1.82, 2.24) is 0 Å². The zero-order valence-corrected chi connectivity index (χ0v) is 21.6. The number of unbranched alkanes of at least 4 members (excludes halogenated alkanes) is 4. The summed E-state index contributed by atoms with van der Waals surface area (Å²) in [7, 11) is -4.30. The average Bonchev–Trinajstić information content (AvgIpc) is 3.36. The first-order valence-electron chi connectivity index (χ1n) is 13.0. The van der Waals surface area contributed by atoms with Gasteiger partial charge in [0, 0.05) is 0 Å². The molecule has 33 heavy (non-hydrogen) atoms. The van der Waals surface area contributed by atoms with Crippen molar-refractivity contribution in [1.29, 1.82) is 0 Å². The van der Waals surface area contributed by atoms with Gasteiger partial charge in [0.05, 0.1) is 17.1 Å². The predicted octanol–water partition coefficient (Wildman–Crippen LogP) is 5.32. The van der Waals surface area contributed by atoms with Gasteiger partial charge in [0.15, 0.2) is 0 Å². The van der Waals surface area contributed by atoms with Crippen molar-refractivity contribution in [2.45, 2.75) is 122 Å². The van der Waals surface area contributed by atoms with Crippen molar-refractivity contribution in [2.24, 2.45) is 23.7 Å². The Hall–Kier alpha value is -1.15. The Labute approximate surface area is 200 Å². The quantitative estimate of drug-likeness (QED) is 0.189. The maximum Gasteiger partial charge on any atom is 0.310 e. The molecule has 0 aromatic rings. The number of fused-ring (bicyclic) bond motifs is 2. The largest absolute Gasteiger partial charge is 0.462 e. The zero-order chi connectivity index (χ0) is 24.6. The van der Waals surface area contributed by atoms with Crippen LogP contribution in [0.25, 0.3) is 0 Å². The monoisotopic (exact) mass is 488 g/mol. The molecule has 8 heteroatoms. The summed E-state index contributed by atoms with van der Waals surface area (Å²) in [5, 5.41) is -1.02. The Balaban J connectivity index is 2.17. The van der Waals surface area contributed by atoms with Gasteiger partial charge in [-0.05, 0) is 63.2 Å². The van der Waals surface area contributed by atoms with E-state index in [9.17, 15) is 22.6 Å².